The van der Waals surface area contributed by atoms with Gasteiger partial charge in [-0.15, -0.1) is 16.4 Å². The summed E-state index contributed by atoms with van der Waals surface area (Å²) in [7, 11) is 0. The van der Waals surface area contributed by atoms with Crippen molar-refractivity contribution in [2.45, 2.75) is 6.41 Å². The number of aliphatic hydroxyl groups is 1. The highest BCUT2D eigenvalue weighted by molar-refractivity contribution is 7.12. The van der Waals surface area contributed by atoms with Gasteiger partial charge in [0.05, 0.1) is 5.69 Å². The molecule has 0 aliphatic carbocycles. The average Bonchev–Trinajstić information content (AvgIpc) is 2.58. The number of aliphatic hydroxyl groups excluding tert-OH is 1. The van der Waals surface area contributed by atoms with Crippen molar-refractivity contribution < 1.29 is 9.84 Å². The van der Waals surface area contributed by atoms with E-state index in [1.165, 1.54) is 11.3 Å². The number of nitrogens with two attached hydrogens (primary N) is 1. The number of thiophene rings is 1. The number of hydrogen-bond acceptors (Lipinski definition) is 6. The summed E-state index contributed by atoms with van der Waals surface area (Å²) < 4.78 is 4.91. The van der Waals surface area contributed by atoms with Crippen LogP contribution in [-0.4, -0.2) is 17.4 Å². The monoisotopic (exact) mass is 185 g/mol. The van der Waals surface area contributed by atoms with Gasteiger partial charge in [-0.2, -0.15) is 0 Å². The van der Waals surface area contributed by atoms with E-state index in [4.69, 9.17) is 15.6 Å². The van der Waals surface area contributed by atoms with Gasteiger partial charge < -0.3 is 15.6 Å². The first-order chi connectivity index (χ1) is 5.77. The van der Waals surface area contributed by atoms with Crippen molar-refractivity contribution in [1.29, 1.82) is 0 Å². The van der Waals surface area contributed by atoms with Gasteiger partial charge in [-0.3, -0.25) is 0 Å². The van der Waals surface area contributed by atoms with E-state index in [1.807, 2.05) is 5.38 Å². The number of nitrogens with one attached hydrogen (secondary N) is 1. The van der Waals surface area contributed by atoms with Gasteiger partial charge in [-0.25, -0.2) is 5.43 Å². The second-order valence-electron chi connectivity index (χ2n) is 2.22. The van der Waals surface area contributed by atoms with Crippen LogP contribution >= 0.6 is 11.3 Å². The molecule has 1 aromatic heterocycles. The van der Waals surface area contributed by atoms with Crippen LogP contribution in [0.5, 0.6) is 0 Å². The molecule has 0 saturated carbocycles. The SMILES string of the molecule is Nc1ccsc1C1=NNC(O)O1. The van der Waals surface area contributed by atoms with Crippen LogP contribution in [0.25, 0.3) is 0 Å². The zero-order valence-corrected chi connectivity index (χ0v) is 6.84. The minimum absolute atomic E-state index is 0.343. The molecule has 1 unspecified atom stereocenters. The fourth-order valence-corrected chi connectivity index (χ4v) is 1.62. The Morgan fingerprint density at radius 3 is 3.08 bits per heavy atom. The average molecular weight is 185 g/mol. The van der Waals surface area contributed by atoms with Gasteiger partial charge in [0.25, 0.3) is 12.3 Å². The molecule has 1 aromatic rings. The number of hydrazone groups is 1. The molecule has 1 aliphatic rings. The van der Waals surface area contributed by atoms with Crippen molar-refractivity contribution >= 4 is 22.9 Å². The maximum Gasteiger partial charge on any atom is 0.295 e. The Kier molecular flexibility index (Phi) is 1.63. The molecule has 0 bridgehead atoms. The highest BCUT2D eigenvalue weighted by atomic mass is 32.1. The van der Waals surface area contributed by atoms with Gasteiger partial charge in [0.2, 0.25) is 0 Å². The van der Waals surface area contributed by atoms with Crippen LogP contribution in [0.4, 0.5) is 5.69 Å². The molecule has 6 heteroatoms. The molecule has 12 heavy (non-hydrogen) atoms. The van der Waals surface area contributed by atoms with Gasteiger partial charge in [0, 0.05) is 0 Å². The largest absolute Gasteiger partial charge is 0.425 e. The van der Waals surface area contributed by atoms with Crippen molar-refractivity contribution in [3.8, 4) is 0 Å². The van der Waals surface area contributed by atoms with Crippen LogP contribution in [0.15, 0.2) is 16.5 Å². The highest BCUT2D eigenvalue weighted by Gasteiger charge is 2.20. The minimum Gasteiger partial charge on any atom is -0.425 e. The molecule has 0 spiro atoms. The van der Waals surface area contributed by atoms with Crippen molar-refractivity contribution in [1.82, 2.24) is 5.43 Å². The van der Waals surface area contributed by atoms with Gasteiger partial charge in [-0.05, 0) is 11.4 Å². The number of nitrogen functional groups attached to an aromatic ring is 1. The molecule has 0 radical (unpaired) electrons. The molecular formula is C6H7N3O2S. The summed E-state index contributed by atoms with van der Waals surface area (Å²) in [4.78, 5) is 0.735. The van der Waals surface area contributed by atoms with Gasteiger partial charge in [0.1, 0.15) is 4.88 Å². The van der Waals surface area contributed by atoms with E-state index in [0.717, 1.165) is 4.88 Å². The van der Waals surface area contributed by atoms with E-state index in [2.05, 4.69) is 10.5 Å². The first kappa shape index (κ1) is 7.38. The fraction of sp³-hybridized carbons (Fsp3) is 0.167. The Morgan fingerprint density at radius 2 is 2.58 bits per heavy atom. The third-order valence-electron chi connectivity index (χ3n) is 1.39. The lowest BCUT2D eigenvalue weighted by Crippen LogP contribution is -2.20. The highest BCUT2D eigenvalue weighted by Crippen LogP contribution is 2.21. The summed E-state index contributed by atoms with van der Waals surface area (Å²) in [5.74, 6) is 0.343. The van der Waals surface area contributed by atoms with Gasteiger partial charge in [0.15, 0.2) is 0 Å². The van der Waals surface area contributed by atoms with Crippen LogP contribution in [0.2, 0.25) is 0 Å². The number of rotatable bonds is 1. The first-order valence-corrected chi connectivity index (χ1v) is 4.16. The van der Waals surface area contributed by atoms with E-state index in [-0.39, 0.29) is 0 Å². The molecule has 4 N–H and O–H groups in total. The standard InChI is InChI=1S/C6H7N3O2S/c7-3-1-2-12-4(3)5-8-9-6(10)11-5/h1-2,6,9-10H,7H2. The van der Waals surface area contributed by atoms with Crippen molar-refractivity contribution in [2.75, 3.05) is 5.73 Å². The molecule has 5 nitrogen and oxygen atoms in total. The van der Waals surface area contributed by atoms with E-state index in [0.29, 0.717) is 11.6 Å². The van der Waals surface area contributed by atoms with Gasteiger partial charge in [-0.1, -0.05) is 0 Å². The predicted octanol–water partition coefficient (Wildman–Crippen LogP) is -0.112. The van der Waals surface area contributed by atoms with Gasteiger partial charge >= 0.3 is 0 Å². The number of ether oxygens (including phenoxy) is 1. The van der Waals surface area contributed by atoms with E-state index in [9.17, 15) is 0 Å². The van der Waals surface area contributed by atoms with Crippen molar-refractivity contribution in [2.24, 2.45) is 5.10 Å². The second-order valence-corrected chi connectivity index (χ2v) is 3.14. The molecule has 0 amide bonds. The third-order valence-corrected chi connectivity index (χ3v) is 2.31. The fourth-order valence-electron chi connectivity index (χ4n) is 0.870. The molecule has 1 atom stereocenters. The number of hydrogen-bond donors (Lipinski definition) is 3. The molecule has 64 valence electrons. The smallest absolute Gasteiger partial charge is 0.295 e. The maximum atomic E-state index is 8.91. The lowest BCUT2D eigenvalue weighted by Gasteiger charge is -2.01. The lowest BCUT2D eigenvalue weighted by atomic mass is 10.4. The van der Waals surface area contributed by atoms with Crippen molar-refractivity contribution in [3.63, 3.8) is 0 Å². The summed E-state index contributed by atoms with van der Waals surface area (Å²) in [6, 6.07) is 1.76. The lowest BCUT2D eigenvalue weighted by molar-refractivity contribution is -0.0328. The molecule has 0 aromatic carbocycles. The summed E-state index contributed by atoms with van der Waals surface area (Å²) in [5.41, 5.74) is 8.57. The summed E-state index contributed by atoms with van der Waals surface area (Å²) in [5, 5.41) is 14.5. The quantitative estimate of drug-likeness (QED) is 0.570. The summed E-state index contributed by atoms with van der Waals surface area (Å²) in [6.45, 7) is 0. The Morgan fingerprint density at radius 1 is 1.75 bits per heavy atom. The minimum atomic E-state index is -1.05. The van der Waals surface area contributed by atoms with E-state index in [1.54, 1.807) is 6.07 Å². The third kappa shape index (κ3) is 1.10. The summed E-state index contributed by atoms with van der Waals surface area (Å²) >= 11 is 1.42. The van der Waals surface area contributed by atoms with Crippen molar-refractivity contribution in [3.05, 3.63) is 16.3 Å². The maximum absolute atomic E-state index is 8.91. The Balaban J connectivity index is 2.27. The number of anilines is 1. The predicted molar refractivity (Wildman–Crippen MR) is 45.5 cm³/mol. The zero-order valence-electron chi connectivity index (χ0n) is 6.02. The first-order valence-electron chi connectivity index (χ1n) is 3.28. The molecule has 2 rings (SSSR count). The topological polar surface area (TPSA) is 79.9 Å². The van der Waals surface area contributed by atoms with Crippen LogP contribution in [0.3, 0.4) is 0 Å². The molecule has 2 heterocycles. The zero-order chi connectivity index (χ0) is 8.55. The molecule has 0 fully saturated rings. The van der Waals surface area contributed by atoms with E-state index < -0.39 is 6.41 Å². The Labute approximate surface area is 72.5 Å². The van der Waals surface area contributed by atoms with Crippen LogP contribution in [-0.2, 0) is 4.74 Å². The Bertz CT molecular complexity index is 322. The van der Waals surface area contributed by atoms with Crippen LogP contribution in [0.1, 0.15) is 4.88 Å². The molecule has 1 aliphatic heterocycles. The number of nitrogens with zero attached hydrogens (tertiary/aromatic N) is 1. The molecule has 0 saturated heterocycles. The normalized spacial score (nSPS) is 21.4. The van der Waals surface area contributed by atoms with E-state index >= 15 is 0 Å². The van der Waals surface area contributed by atoms with Crippen LogP contribution < -0.4 is 11.2 Å². The second kappa shape index (κ2) is 2.65. The Hall–Kier alpha value is -1.27. The summed E-state index contributed by atoms with van der Waals surface area (Å²) in [6.07, 6.45) is -1.05. The molecular weight excluding hydrogens is 178 g/mol. The van der Waals surface area contributed by atoms with Crippen LogP contribution in [0, 0.1) is 0 Å².